The minimum absolute atomic E-state index is 0.334. The lowest BCUT2D eigenvalue weighted by Gasteiger charge is -2.17. The van der Waals surface area contributed by atoms with E-state index in [0.717, 1.165) is 19.5 Å². The first-order valence-corrected chi connectivity index (χ1v) is 2.93. The van der Waals surface area contributed by atoms with Crippen molar-refractivity contribution in [1.82, 2.24) is 10.9 Å². The van der Waals surface area contributed by atoms with E-state index in [9.17, 15) is 0 Å². The summed E-state index contributed by atoms with van der Waals surface area (Å²) in [6, 6.07) is 0. The molecule has 7 heavy (non-hydrogen) atoms. The van der Waals surface area contributed by atoms with Crippen molar-refractivity contribution in [1.29, 1.82) is 0 Å². The van der Waals surface area contributed by atoms with Crippen LogP contribution in [0.4, 0.5) is 0 Å². The van der Waals surface area contributed by atoms with E-state index < -0.39 is 0 Å². The number of rotatable bonds is 0. The molecule has 1 atom stereocenters. The SMILES string of the molecule is ClC1CCNNC1. The van der Waals surface area contributed by atoms with E-state index in [0.29, 0.717) is 5.38 Å². The van der Waals surface area contributed by atoms with Crippen LogP contribution in [0.2, 0.25) is 0 Å². The summed E-state index contributed by atoms with van der Waals surface area (Å²) in [5, 5.41) is 0.334. The summed E-state index contributed by atoms with van der Waals surface area (Å²) in [7, 11) is 0. The molecule has 1 heterocycles. The summed E-state index contributed by atoms with van der Waals surface area (Å²) in [5.74, 6) is 0. The molecular weight excluding hydrogens is 112 g/mol. The summed E-state index contributed by atoms with van der Waals surface area (Å²) in [6.45, 7) is 1.88. The van der Waals surface area contributed by atoms with Gasteiger partial charge in [-0.3, -0.25) is 10.9 Å². The van der Waals surface area contributed by atoms with Crippen LogP contribution >= 0.6 is 11.6 Å². The maximum atomic E-state index is 5.71. The van der Waals surface area contributed by atoms with Crippen LogP contribution in [0.5, 0.6) is 0 Å². The van der Waals surface area contributed by atoms with Crippen molar-refractivity contribution in [3.63, 3.8) is 0 Å². The number of hydrazine groups is 1. The number of hydrogen-bond acceptors (Lipinski definition) is 2. The van der Waals surface area contributed by atoms with Crippen molar-refractivity contribution in [2.24, 2.45) is 0 Å². The van der Waals surface area contributed by atoms with Gasteiger partial charge in [-0.15, -0.1) is 11.6 Å². The zero-order chi connectivity index (χ0) is 5.11. The van der Waals surface area contributed by atoms with Crippen molar-refractivity contribution < 1.29 is 0 Å². The number of nitrogens with one attached hydrogen (secondary N) is 2. The lowest BCUT2D eigenvalue weighted by atomic mass is 10.3. The van der Waals surface area contributed by atoms with E-state index >= 15 is 0 Å². The molecule has 1 saturated heterocycles. The van der Waals surface area contributed by atoms with Crippen LogP contribution in [0, 0.1) is 0 Å². The minimum Gasteiger partial charge on any atom is -0.258 e. The van der Waals surface area contributed by atoms with Crippen LogP contribution in [0.25, 0.3) is 0 Å². The molecule has 1 aliphatic heterocycles. The average Bonchev–Trinajstić information content (AvgIpc) is 1.69. The van der Waals surface area contributed by atoms with Gasteiger partial charge in [0.15, 0.2) is 0 Å². The normalized spacial score (nSPS) is 33.0. The third-order valence-electron chi connectivity index (χ3n) is 1.03. The van der Waals surface area contributed by atoms with E-state index in [2.05, 4.69) is 10.9 Å². The van der Waals surface area contributed by atoms with E-state index in [-0.39, 0.29) is 0 Å². The summed E-state index contributed by atoms with van der Waals surface area (Å²) < 4.78 is 0. The molecule has 1 rings (SSSR count). The lowest BCUT2D eigenvalue weighted by Crippen LogP contribution is -2.43. The van der Waals surface area contributed by atoms with Gasteiger partial charge in [-0.1, -0.05) is 0 Å². The second-order valence-electron chi connectivity index (χ2n) is 1.69. The van der Waals surface area contributed by atoms with Crippen molar-refractivity contribution in [3.8, 4) is 0 Å². The average molecular weight is 121 g/mol. The second-order valence-corrected chi connectivity index (χ2v) is 2.31. The highest BCUT2D eigenvalue weighted by Crippen LogP contribution is 2.00. The molecule has 2 N–H and O–H groups in total. The predicted molar refractivity (Wildman–Crippen MR) is 30.3 cm³/mol. The Kier molecular flexibility index (Phi) is 1.91. The predicted octanol–water partition coefficient (Wildman–Crippen LogP) is 0.0917. The second kappa shape index (κ2) is 2.50. The van der Waals surface area contributed by atoms with Gasteiger partial charge in [-0.2, -0.15) is 0 Å². The zero-order valence-corrected chi connectivity index (χ0v) is 4.83. The largest absolute Gasteiger partial charge is 0.258 e. The first-order valence-electron chi connectivity index (χ1n) is 2.49. The molecule has 2 nitrogen and oxygen atoms in total. The van der Waals surface area contributed by atoms with Gasteiger partial charge < -0.3 is 0 Å². The third kappa shape index (κ3) is 1.63. The summed E-state index contributed by atoms with van der Waals surface area (Å²) >= 11 is 5.71. The fourth-order valence-electron chi connectivity index (χ4n) is 0.602. The smallest absolute Gasteiger partial charge is 0.0487 e. The summed E-state index contributed by atoms with van der Waals surface area (Å²) in [5.41, 5.74) is 5.93. The minimum atomic E-state index is 0.334. The Hall–Kier alpha value is 0.210. The molecule has 1 unspecified atom stereocenters. The molecule has 3 heteroatoms. The Morgan fingerprint density at radius 2 is 2.29 bits per heavy atom. The highest BCUT2D eigenvalue weighted by Gasteiger charge is 2.06. The van der Waals surface area contributed by atoms with Crippen LogP contribution in [-0.2, 0) is 0 Å². The molecule has 0 radical (unpaired) electrons. The standard InChI is InChI=1S/C4H9ClN2/c5-4-1-2-6-7-3-4/h4,6-7H,1-3H2. The van der Waals surface area contributed by atoms with Gasteiger partial charge in [0.05, 0.1) is 0 Å². The fourth-order valence-corrected chi connectivity index (χ4v) is 0.788. The van der Waals surface area contributed by atoms with Crippen molar-refractivity contribution in [2.75, 3.05) is 13.1 Å². The third-order valence-corrected chi connectivity index (χ3v) is 1.40. The Bertz CT molecular complexity index is 51.7. The van der Waals surface area contributed by atoms with Crippen LogP contribution < -0.4 is 10.9 Å². The number of alkyl halides is 1. The molecule has 0 spiro atoms. The molecule has 1 fully saturated rings. The Labute approximate surface area is 48.2 Å². The van der Waals surface area contributed by atoms with E-state index in [1.165, 1.54) is 0 Å². The Balaban J connectivity index is 2.12. The van der Waals surface area contributed by atoms with Gasteiger partial charge in [-0.25, -0.2) is 0 Å². The van der Waals surface area contributed by atoms with Crippen LogP contribution in [0.1, 0.15) is 6.42 Å². The van der Waals surface area contributed by atoms with Crippen molar-refractivity contribution in [2.45, 2.75) is 11.8 Å². The monoisotopic (exact) mass is 120 g/mol. The molecule has 0 bridgehead atoms. The molecule has 0 amide bonds. The summed E-state index contributed by atoms with van der Waals surface area (Å²) in [4.78, 5) is 0. The van der Waals surface area contributed by atoms with Gasteiger partial charge in [0.25, 0.3) is 0 Å². The van der Waals surface area contributed by atoms with Gasteiger partial charge in [0.1, 0.15) is 0 Å². The van der Waals surface area contributed by atoms with Gasteiger partial charge >= 0.3 is 0 Å². The maximum absolute atomic E-state index is 5.71. The van der Waals surface area contributed by atoms with E-state index in [1.807, 2.05) is 0 Å². The Morgan fingerprint density at radius 3 is 2.57 bits per heavy atom. The van der Waals surface area contributed by atoms with Crippen LogP contribution in [0.15, 0.2) is 0 Å². The number of hydrogen-bond donors (Lipinski definition) is 2. The molecular formula is C4H9ClN2. The highest BCUT2D eigenvalue weighted by molar-refractivity contribution is 6.20. The molecule has 0 aliphatic carbocycles. The number of halogens is 1. The molecule has 0 saturated carbocycles. The van der Waals surface area contributed by atoms with Gasteiger partial charge in [0, 0.05) is 18.5 Å². The maximum Gasteiger partial charge on any atom is 0.0487 e. The molecule has 1 aliphatic rings. The first kappa shape index (κ1) is 5.35. The topological polar surface area (TPSA) is 24.1 Å². The lowest BCUT2D eigenvalue weighted by molar-refractivity contribution is 0.448. The molecule has 0 aromatic carbocycles. The quantitative estimate of drug-likeness (QED) is 0.443. The van der Waals surface area contributed by atoms with Crippen LogP contribution in [-0.4, -0.2) is 18.5 Å². The van der Waals surface area contributed by atoms with Gasteiger partial charge in [-0.05, 0) is 6.42 Å². The molecule has 42 valence electrons. The molecule has 0 aromatic rings. The van der Waals surface area contributed by atoms with Crippen molar-refractivity contribution >= 4 is 11.6 Å². The fraction of sp³-hybridized carbons (Fsp3) is 1.00. The van der Waals surface area contributed by atoms with Gasteiger partial charge in [0.2, 0.25) is 0 Å². The van der Waals surface area contributed by atoms with E-state index in [1.54, 1.807) is 0 Å². The van der Waals surface area contributed by atoms with E-state index in [4.69, 9.17) is 11.6 Å². The molecule has 0 aromatic heterocycles. The first-order chi connectivity index (χ1) is 3.39. The highest BCUT2D eigenvalue weighted by atomic mass is 35.5. The Morgan fingerprint density at radius 1 is 1.43 bits per heavy atom. The summed E-state index contributed by atoms with van der Waals surface area (Å²) in [6.07, 6.45) is 1.08. The van der Waals surface area contributed by atoms with Crippen LogP contribution in [0.3, 0.4) is 0 Å². The zero-order valence-electron chi connectivity index (χ0n) is 4.08. The van der Waals surface area contributed by atoms with Crippen molar-refractivity contribution in [3.05, 3.63) is 0 Å².